The molecule has 0 spiro atoms. The number of rotatable bonds is 5. The van der Waals surface area contributed by atoms with Gasteiger partial charge in [-0.15, -0.1) is 23.7 Å². The monoisotopic (exact) mass is 343 g/mol. The number of amides is 1. The SMILES string of the molecule is COc1ccc(CN(C)C(=O)c2csc(CN)n2)cc1O.Cl. The quantitative estimate of drug-likeness (QED) is 0.867. The maximum atomic E-state index is 12.2. The Balaban J connectivity index is 0.00000242. The molecular formula is C14H18ClN3O3S. The van der Waals surface area contributed by atoms with Gasteiger partial charge >= 0.3 is 0 Å². The van der Waals surface area contributed by atoms with E-state index in [4.69, 9.17) is 10.5 Å². The van der Waals surface area contributed by atoms with Gasteiger partial charge in [-0.1, -0.05) is 6.07 Å². The summed E-state index contributed by atoms with van der Waals surface area (Å²) in [5, 5.41) is 12.2. The van der Waals surface area contributed by atoms with E-state index in [1.807, 2.05) is 0 Å². The van der Waals surface area contributed by atoms with Gasteiger partial charge in [-0.05, 0) is 17.7 Å². The van der Waals surface area contributed by atoms with Crippen LogP contribution in [0.25, 0.3) is 0 Å². The van der Waals surface area contributed by atoms with Crippen LogP contribution in [0.3, 0.4) is 0 Å². The lowest BCUT2D eigenvalue weighted by Crippen LogP contribution is -2.26. The number of methoxy groups -OCH3 is 1. The molecule has 3 N–H and O–H groups in total. The van der Waals surface area contributed by atoms with Crippen LogP contribution in [0, 0.1) is 0 Å². The molecule has 22 heavy (non-hydrogen) atoms. The number of carbonyl (C=O) groups excluding carboxylic acids is 1. The third kappa shape index (κ3) is 4.09. The fraction of sp³-hybridized carbons (Fsp3) is 0.286. The minimum Gasteiger partial charge on any atom is -0.504 e. The van der Waals surface area contributed by atoms with E-state index in [0.29, 0.717) is 24.5 Å². The molecule has 0 saturated heterocycles. The van der Waals surface area contributed by atoms with Crippen molar-refractivity contribution >= 4 is 29.7 Å². The van der Waals surface area contributed by atoms with Gasteiger partial charge in [0.1, 0.15) is 10.7 Å². The van der Waals surface area contributed by atoms with Crippen LogP contribution in [0.15, 0.2) is 23.6 Å². The molecule has 0 saturated carbocycles. The minimum absolute atomic E-state index is 0. The van der Waals surface area contributed by atoms with Gasteiger partial charge in [0.15, 0.2) is 11.5 Å². The van der Waals surface area contributed by atoms with E-state index in [9.17, 15) is 9.90 Å². The lowest BCUT2D eigenvalue weighted by atomic mass is 10.2. The molecule has 1 amide bonds. The number of aromatic hydroxyl groups is 1. The summed E-state index contributed by atoms with van der Waals surface area (Å²) in [7, 11) is 3.17. The zero-order valence-corrected chi connectivity index (χ0v) is 13.9. The average molecular weight is 344 g/mol. The van der Waals surface area contributed by atoms with E-state index >= 15 is 0 Å². The van der Waals surface area contributed by atoms with Crippen molar-refractivity contribution in [3.05, 3.63) is 39.8 Å². The zero-order chi connectivity index (χ0) is 15.4. The van der Waals surface area contributed by atoms with Gasteiger partial charge in [0.2, 0.25) is 0 Å². The number of hydrogen-bond donors (Lipinski definition) is 2. The summed E-state index contributed by atoms with van der Waals surface area (Å²) in [6, 6.07) is 5.04. The van der Waals surface area contributed by atoms with E-state index in [1.165, 1.54) is 23.3 Å². The molecular weight excluding hydrogens is 326 g/mol. The molecule has 2 rings (SSSR count). The topological polar surface area (TPSA) is 88.7 Å². The van der Waals surface area contributed by atoms with E-state index in [2.05, 4.69) is 4.98 Å². The van der Waals surface area contributed by atoms with Crippen molar-refractivity contribution < 1.29 is 14.6 Å². The highest BCUT2D eigenvalue weighted by molar-refractivity contribution is 7.09. The number of aromatic nitrogens is 1. The number of carbonyl (C=O) groups is 1. The van der Waals surface area contributed by atoms with E-state index in [1.54, 1.807) is 30.6 Å². The molecule has 0 atom stereocenters. The van der Waals surface area contributed by atoms with Crippen LogP contribution < -0.4 is 10.5 Å². The van der Waals surface area contributed by atoms with E-state index in [-0.39, 0.29) is 24.1 Å². The van der Waals surface area contributed by atoms with Crippen molar-refractivity contribution in [2.75, 3.05) is 14.2 Å². The molecule has 0 unspecified atom stereocenters. The van der Waals surface area contributed by atoms with E-state index in [0.717, 1.165) is 10.6 Å². The molecule has 1 aromatic carbocycles. The molecule has 0 aliphatic rings. The highest BCUT2D eigenvalue weighted by Crippen LogP contribution is 2.26. The van der Waals surface area contributed by atoms with Gasteiger partial charge in [0.05, 0.1) is 7.11 Å². The molecule has 1 aromatic heterocycles. The number of nitrogens with zero attached hydrogens (tertiary/aromatic N) is 2. The van der Waals surface area contributed by atoms with Crippen LogP contribution in [0.5, 0.6) is 11.5 Å². The number of nitrogens with two attached hydrogens (primary N) is 1. The number of benzene rings is 1. The summed E-state index contributed by atoms with van der Waals surface area (Å²) in [6.45, 7) is 0.694. The van der Waals surface area contributed by atoms with Gasteiger partial charge in [-0.25, -0.2) is 4.98 Å². The molecule has 0 bridgehead atoms. The molecule has 6 nitrogen and oxygen atoms in total. The second kappa shape index (κ2) is 7.98. The highest BCUT2D eigenvalue weighted by Gasteiger charge is 2.16. The standard InChI is InChI=1S/C14H17N3O3S.ClH/c1-17(14(19)10-8-21-13(6-15)16-10)7-9-3-4-12(20-2)11(18)5-9;/h3-5,8,18H,6-7,15H2,1-2H3;1H. The van der Waals surface area contributed by atoms with Gasteiger partial charge in [0, 0.05) is 25.5 Å². The van der Waals surface area contributed by atoms with Gasteiger partial charge in [-0.2, -0.15) is 0 Å². The Kier molecular flexibility index (Phi) is 6.61. The fourth-order valence-electron chi connectivity index (χ4n) is 1.88. The maximum absolute atomic E-state index is 12.2. The van der Waals surface area contributed by atoms with Crippen molar-refractivity contribution in [3.8, 4) is 11.5 Å². The Bertz CT molecular complexity index is 648. The number of phenols is 1. The summed E-state index contributed by atoms with van der Waals surface area (Å²) in [4.78, 5) is 17.9. The molecule has 8 heteroatoms. The van der Waals surface area contributed by atoms with Crippen molar-refractivity contribution in [2.24, 2.45) is 5.73 Å². The first kappa shape index (κ1) is 18.2. The summed E-state index contributed by atoms with van der Waals surface area (Å²) >= 11 is 1.37. The van der Waals surface area contributed by atoms with Crippen LogP contribution in [0.4, 0.5) is 0 Å². The maximum Gasteiger partial charge on any atom is 0.273 e. The Morgan fingerprint density at radius 2 is 2.23 bits per heavy atom. The molecule has 0 aliphatic carbocycles. The zero-order valence-electron chi connectivity index (χ0n) is 12.3. The number of thiazole rings is 1. The first-order valence-corrected chi connectivity index (χ1v) is 7.19. The van der Waals surface area contributed by atoms with Crippen molar-refractivity contribution in [2.45, 2.75) is 13.1 Å². The van der Waals surface area contributed by atoms with Crippen molar-refractivity contribution in [3.63, 3.8) is 0 Å². The van der Waals surface area contributed by atoms with Gasteiger partial charge in [-0.3, -0.25) is 4.79 Å². The lowest BCUT2D eigenvalue weighted by molar-refractivity contribution is 0.0779. The second-order valence-corrected chi connectivity index (χ2v) is 5.44. The van der Waals surface area contributed by atoms with Gasteiger partial charge < -0.3 is 20.5 Å². The molecule has 0 aliphatic heterocycles. The third-order valence-electron chi connectivity index (χ3n) is 2.96. The summed E-state index contributed by atoms with van der Waals surface area (Å²) in [5.41, 5.74) is 6.68. The minimum atomic E-state index is -0.179. The molecule has 0 radical (unpaired) electrons. The highest BCUT2D eigenvalue weighted by atomic mass is 35.5. The van der Waals surface area contributed by atoms with Crippen molar-refractivity contribution in [1.82, 2.24) is 9.88 Å². The Morgan fingerprint density at radius 3 is 2.77 bits per heavy atom. The summed E-state index contributed by atoms with van der Waals surface area (Å²) < 4.78 is 4.99. The Morgan fingerprint density at radius 1 is 1.50 bits per heavy atom. The largest absolute Gasteiger partial charge is 0.504 e. The van der Waals surface area contributed by atoms with Crippen molar-refractivity contribution in [1.29, 1.82) is 0 Å². The van der Waals surface area contributed by atoms with Crippen LogP contribution in [-0.2, 0) is 13.1 Å². The Hall–Kier alpha value is -1.83. The number of hydrogen-bond acceptors (Lipinski definition) is 6. The van der Waals surface area contributed by atoms with Crippen LogP contribution in [-0.4, -0.2) is 35.1 Å². The first-order valence-electron chi connectivity index (χ1n) is 6.31. The van der Waals surface area contributed by atoms with E-state index < -0.39 is 0 Å². The molecule has 0 fully saturated rings. The molecule has 1 heterocycles. The first-order chi connectivity index (χ1) is 10.0. The number of halogens is 1. The summed E-state index contributed by atoms with van der Waals surface area (Å²) in [5.74, 6) is 0.274. The predicted molar refractivity (Wildman–Crippen MR) is 87.7 cm³/mol. The summed E-state index contributed by atoms with van der Waals surface area (Å²) in [6.07, 6.45) is 0. The third-order valence-corrected chi connectivity index (χ3v) is 3.83. The Labute approximate surface area is 138 Å². The second-order valence-electron chi connectivity index (χ2n) is 4.50. The van der Waals surface area contributed by atoms with Crippen LogP contribution in [0.1, 0.15) is 21.1 Å². The van der Waals surface area contributed by atoms with Crippen LogP contribution >= 0.6 is 23.7 Å². The number of ether oxygens (including phenoxy) is 1. The van der Waals surface area contributed by atoms with Crippen LogP contribution in [0.2, 0.25) is 0 Å². The lowest BCUT2D eigenvalue weighted by Gasteiger charge is -2.16. The molecule has 120 valence electrons. The molecule has 2 aromatic rings. The fourth-order valence-corrected chi connectivity index (χ4v) is 2.53. The number of phenolic OH excluding ortho intramolecular Hbond substituents is 1. The normalized spacial score (nSPS) is 9.95. The smallest absolute Gasteiger partial charge is 0.273 e. The average Bonchev–Trinajstić information content (AvgIpc) is 2.95. The predicted octanol–water partition coefficient (Wildman–Crippen LogP) is 2.01. The van der Waals surface area contributed by atoms with Gasteiger partial charge in [0.25, 0.3) is 5.91 Å².